The van der Waals surface area contributed by atoms with Gasteiger partial charge >= 0.3 is 0 Å². The highest BCUT2D eigenvalue weighted by Crippen LogP contribution is 2.41. The smallest absolute Gasteiger partial charge is 0.0145 e. The maximum absolute atomic E-state index is 3.86. The summed E-state index contributed by atoms with van der Waals surface area (Å²) in [5, 5.41) is 3.86. The number of rotatable bonds is 3. The zero-order valence-corrected chi connectivity index (χ0v) is 10.7. The number of hydrogen-bond donors (Lipinski definition) is 1. The Morgan fingerprint density at radius 2 is 1.71 bits per heavy atom. The Labute approximate surface area is 105 Å². The van der Waals surface area contributed by atoms with Gasteiger partial charge in [-0.25, -0.2) is 0 Å². The lowest BCUT2D eigenvalue weighted by Crippen LogP contribution is -2.34. The van der Waals surface area contributed by atoms with Crippen molar-refractivity contribution in [1.29, 1.82) is 0 Å². The van der Waals surface area contributed by atoms with E-state index in [-0.39, 0.29) is 0 Å². The molecule has 0 radical (unpaired) electrons. The van der Waals surface area contributed by atoms with E-state index in [4.69, 9.17) is 0 Å². The zero-order chi connectivity index (χ0) is 11.7. The normalized spacial score (nSPS) is 36.8. The van der Waals surface area contributed by atoms with Gasteiger partial charge in [0.15, 0.2) is 0 Å². The molecule has 1 N–H and O–H groups in total. The van der Waals surface area contributed by atoms with E-state index in [1.807, 2.05) is 0 Å². The van der Waals surface area contributed by atoms with Crippen LogP contribution < -0.4 is 5.32 Å². The molecule has 2 aliphatic carbocycles. The molecule has 0 bridgehead atoms. The SMILES string of the molecule is CC1CCC(N[C@@H]2C[C@H]2c2ccccc2)CC1. The van der Waals surface area contributed by atoms with Crippen molar-refractivity contribution in [1.82, 2.24) is 5.32 Å². The Bertz CT molecular complexity index is 351. The molecule has 1 heteroatoms. The Morgan fingerprint density at radius 1 is 1.00 bits per heavy atom. The average molecular weight is 229 g/mol. The van der Waals surface area contributed by atoms with Gasteiger partial charge in [0.1, 0.15) is 0 Å². The Hall–Kier alpha value is -0.820. The summed E-state index contributed by atoms with van der Waals surface area (Å²) >= 11 is 0. The predicted molar refractivity (Wildman–Crippen MR) is 72.1 cm³/mol. The summed E-state index contributed by atoms with van der Waals surface area (Å²) in [6, 6.07) is 12.5. The molecule has 0 unspecified atom stereocenters. The van der Waals surface area contributed by atoms with E-state index < -0.39 is 0 Å². The second-order valence-corrected chi connectivity index (χ2v) is 5.98. The van der Waals surface area contributed by atoms with E-state index in [0.29, 0.717) is 0 Å². The standard InChI is InChI=1S/C16H23N/c1-12-7-9-14(10-8-12)17-16-11-15(16)13-5-3-2-4-6-13/h2-6,12,14-17H,7-11H2,1H3/t12?,14?,15-,16+/m0/s1. The van der Waals surface area contributed by atoms with Crippen LogP contribution in [-0.4, -0.2) is 12.1 Å². The topological polar surface area (TPSA) is 12.0 Å². The fourth-order valence-electron chi connectivity index (χ4n) is 3.18. The molecule has 2 atom stereocenters. The molecule has 0 saturated heterocycles. The van der Waals surface area contributed by atoms with Gasteiger partial charge in [0.2, 0.25) is 0 Å². The molecule has 2 fully saturated rings. The summed E-state index contributed by atoms with van der Waals surface area (Å²) in [5.74, 6) is 1.74. The lowest BCUT2D eigenvalue weighted by Gasteiger charge is -2.27. The summed E-state index contributed by atoms with van der Waals surface area (Å²) in [5.41, 5.74) is 1.52. The van der Waals surface area contributed by atoms with Crippen molar-refractivity contribution in [3.05, 3.63) is 35.9 Å². The van der Waals surface area contributed by atoms with Crippen molar-refractivity contribution >= 4 is 0 Å². The number of benzene rings is 1. The van der Waals surface area contributed by atoms with Crippen molar-refractivity contribution in [2.45, 2.75) is 57.0 Å². The largest absolute Gasteiger partial charge is 0.311 e. The molecule has 17 heavy (non-hydrogen) atoms. The van der Waals surface area contributed by atoms with Crippen LogP contribution in [0.1, 0.15) is 50.5 Å². The maximum atomic E-state index is 3.86. The van der Waals surface area contributed by atoms with Gasteiger partial charge < -0.3 is 5.32 Å². The van der Waals surface area contributed by atoms with Crippen LogP contribution in [-0.2, 0) is 0 Å². The van der Waals surface area contributed by atoms with E-state index in [1.54, 1.807) is 0 Å². The van der Waals surface area contributed by atoms with Crippen LogP contribution in [0.25, 0.3) is 0 Å². The average Bonchev–Trinajstić information content (AvgIpc) is 3.13. The highest BCUT2D eigenvalue weighted by molar-refractivity contribution is 5.27. The molecule has 1 aromatic rings. The first-order chi connectivity index (χ1) is 8.33. The Morgan fingerprint density at radius 3 is 2.41 bits per heavy atom. The first-order valence-electron chi connectivity index (χ1n) is 7.14. The van der Waals surface area contributed by atoms with Crippen LogP contribution in [0.2, 0.25) is 0 Å². The van der Waals surface area contributed by atoms with E-state index in [1.165, 1.54) is 37.7 Å². The predicted octanol–water partition coefficient (Wildman–Crippen LogP) is 3.71. The quantitative estimate of drug-likeness (QED) is 0.833. The third-order valence-electron chi connectivity index (χ3n) is 4.48. The lowest BCUT2D eigenvalue weighted by molar-refractivity contribution is 0.305. The fourth-order valence-corrected chi connectivity index (χ4v) is 3.18. The van der Waals surface area contributed by atoms with Crippen LogP contribution in [0.15, 0.2) is 30.3 Å². The van der Waals surface area contributed by atoms with Gasteiger partial charge in [-0.3, -0.25) is 0 Å². The summed E-state index contributed by atoms with van der Waals surface area (Å²) in [6.45, 7) is 2.39. The van der Waals surface area contributed by atoms with Gasteiger partial charge in [0, 0.05) is 18.0 Å². The molecule has 1 aromatic carbocycles. The fraction of sp³-hybridized carbons (Fsp3) is 0.625. The molecule has 92 valence electrons. The Kier molecular flexibility index (Phi) is 3.19. The van der Waals surface area contributed by atoms with Crippen LogP contribution in [0, 0.1) is 5.92 Å². The van der Waals surface area contributed by atoms with Gasteiger partial charge in [-0.1, -0.05) is 37.3 Å². The van der Waals surface area contributed by atoms with Crippen molar-refractivity contribution in [2.75, 3.05) is 0 Å². The van der Waals surface area contributed by atoms with Gasteiger partial charge in [-0.15, -0.1) is 0 Å². The summed E-state index contributed by atoms with van der Waals surface area (Å²) in [6.07, 6.45) is 6.95. The molecular weight excluding hydrogens is 206 g/mol. The monoisotopic (exact) mass is 229 g/mol. The highest BCUT2D eigenvalue weighted by atomic mass is 15.0. The molecule has 0 spiro atoms. The molecule has 0 aliphatic heterocycles. The van der Waals surface area contributed by atoms with Crippen molar-refractivity contribution in [3.8, 4) is 0 Å². The van der Waals surface area contributed by atoms with E-state index in [0.717, 1.165) is 23.9 Å². The van der Waals surface area contributed by atoms with Crippen molar-refractivity contribution in [3.63, 3.8) is 0 Å². The van der Waals surface area contributed by atoms with Crippen LogP contribution in [0.4, 0.5) is 0 Å². The molecule has 2 saturated carbocycles. The molecule has 0 heterocycles. The zero-order valence-electron chi connectivity index (χ0n) is 10.7. The second-order valence-electron chi connectivity index (χ2n) is 5.98. The van der Waals surface area contributed by atoms with E-state index in [2.05, 4.69) is 42.6 Å². The minimum Gasteiger partial charge on any atom is -0.311 e. The lowest BCUT2D eigenvalue weighted by atomic mass is 9.87. The van der Waals surface area contributed by atoms with Crippen molar-refractivity contribution in [2.24, 2.45) is 5.92 Å². The van der Waals surface area contributed by atoms with Crippen LogP contribution >= 0.6 is 0 Å². The third kappa shape index (κ3) is 2.71. The van der Waals surface area contributed by atoms with Crippen LogP contribution in [0.5, 0.6) is 0 Å². The summed E-state index contributed by atoms with van der Waals surface area (Å²) < 4.78 is 0. The minimum absolute atomic E-state index is 0.760. The summed E-state index contributed by atoms with van der Waals surface area (Å²) in [4.78, 5) is 0. The Balaban J connectivity index is 1.49. The first-order valence-corrected chi connectivity index (χ1v) is 7.14. The molecular formula is C16H23N. The molecule has 2 aliphatic rings. The van der Waals surface area contributed by atoms with E-state index in [9.17, 15) is 0 Å². The number of hydrogen-bond acceptors (Lipinski definition) is 1. The highest BCUT2D eigenvalue weighted by Gasteiger charge is 2.39. The minimum atomic E-state index is 0.760. The molecule has 3 rings (SSSR count). The molecule has 0 amide bonds. The van der Waals surface area contributed by atoms with Crippen LogP contribution in [0.3, 0.4) is 0 Å². The van der Waals surface area contributed by atoms with Gasteiger partial charge in [-0.2, -0.15) is 0 Å². The molecule has 1 nitrogen and oxygen atoms in total. The molecule has 0 aromatic heterocycles. The first kappa shape index (κ1) is 11.3. The van der Waals surface area contributed by atoms with Gasteiger partial charge in [-0.05, 0) is 43.6 Å². The number of nitrogens with one attached hydrogen (secondary N) is 1. The third-order valence-corrected chi connectivity index (χ3v) is 4.48. The second kappa shape index (κ2) is 4.81. The van der Waals surface area contributed by atoms with E-state index >= 15 is 0 Å². The van der Waals surface area contributed by atoms with Gasteiger partial charge in [0.05, 0.1) is 0 Å². The summed E-state index contributed by atoms with van der Waals surface area (Å²) in [7, 11) is 0. The van der Waals surface area contributed by atoms with Gasteiger partial charge in [0.25, 0.3) is 0 Å². The maximum Gasteiger partial charge on any atom is 0.0145 e. The van der Waals surface area contributed by atoms with Crippen molar-refractivity contribution < 1.29 is 0 Å².